The maximum atomic E-state index is 13.3. The maximum Gasteiger partial charge on any atom is 0.142 e. The van der Waals surface area contributed by atoms with Crippen molar-refractivity contribution in [2.45, 2.75) is 12.5 Å². The quantitative estimate of drug-likeness (QED) is 0.658. The third-order valence-corrected chi connectivity index (χ3v) is 3.16. The van der Waals surface area contributed by atoms with Crippen LogP contribution < -0.4 is 11.3 Å². The zero-order valence-corrected chi connectivity index (χ0v) is 10.7. The number of aromatic nitrogens is 2. The lowest BCUT2D eigenvalue weighted by molar-refractivity contribution is 0.537. The summed E-state index contributed by atoms with van der Waals surface area (Å²) in [7, 11) is 1.87. The van der Waals surface area contributed by atoms with Gasteiger partial charge in [-0.15, -0.1) is 0 Å². The fourth-order valence-corrected chi connectivity index (χ4v) is 1.99. The van der Waals surface area contributed by atoms with Crippen molar-refractivity contribution in [2.75, 3.05) is 0 Å². The Morgan fingerprint density at radius 3 is 2.94 bits per heavy atom. The summed E-state index contributed by atoms with van der Waals surface area (Å²) in [6, 6.07) is 4.53. The van der Waals surface area contributed by atoms with Gasteiger partial charge in [0.05, 0.1) is 23.1 Å². The van der Waals surface area contributed by atoms with E-state index in [9.17, 15) is 4.39 Å². The van der Waals surface area contributed by atoms with E-state index in [0.29, 0.717) is 12.0 Å². The summed E-state index contributed by atoms with van der Waals surface area (Å²) in [4.78, 5) is 4.22. The number of hydrazine groups is 1. The van der Waals surface area contributed by atoms with Crippen LogP contribution >= 0.6 is 11.6 Å². The zero-order valence-electron chi connectivity index (χ0n) is 9.90. The van der Waals surface area contributed by atoms with Crippen LogP contribution in [0.4, 0.5) is 4.39 Å². The van der Waals surface area contributed by atoms with Gasteiger partial charge in [-0.05, 0) is 18.1 Å². The summed E-state index contributed by atoms with van der Waals surface area (Å²) >= 11 is 5.92. The SMILES string of the molecule is Cn1cnc(C(Cc2cccc(F)c2Cl)NN)c1. The van der Waals surface area contributed by atoms with Gasteiger partial charge in [-0.1, -0.05) is 23.7 Å². The molecule has 0 aliphatic carbocycles. The first-order chi connectivity index (χ1) is 8.61. The Labute approximate surface area is 110 Å². The smallest absolute Gasteiger partial charge is 0.142 e. The van der Waals surface area contributed by atoms with Crippen LogP contribution in [0.2, 0.25) is 5.02 Å². The highest BCUT2D eigenvalue weighted by Gasteiger charge is 2.16. The van der Waals surface area contributed by atoms with Gasteiger partial charge in [0, 0.05) is 13.2 Å². The number of aryl methyl sites for hydroxylation is 1. The van der Waals surface area contributed by atoms with Crippen molar-refractivity contribution in [1.82, 2.24) is 15.0 Å². The number of nitrogens with one attached hydrogen (secondary N) is 1. The first-order valence-corrected chi connectivity index (χ1v) is 5.86. The molecule has 4 nitrogen and oxygen atoms in total. The van der Waals surface area contributed by atoms with Gasteiger partial charge >= 0.3 is 0 Å². The van der Waals surface area contributed by atoms with Gasteiger partial charge in [0.25, 0.3) is 0 Å². The summed E-state index contributed by atoms with van der Waals surface area (Å²) in [6.45, 7) is 0. The van der Waals surface area contributed by atoms with Gasteiger partial charge in [-0.25, -0.2) is 9.37 Å². The van der Waals surface area contributed by atoms with Crippen LogP contribution in [0.3, 0.4) is 0 Å². The number of nitrogens with zero attached hydrogens (tertiary/aromatic N) is 2. The second-order valence-corrected chi connectivity index (χ2v) is 4.48. The molecule has 1 aromatic carbocycles. The minimum atomic E-state index is -0.425. The molecule has 0 fully saturated rings. The molecule has 96 valence electrons. The molecule has 6 heteroatoms. The molecule has 2 aromatic rings. The molecule has 0 saturated heterocycles. The summed E-state index contributed by atoms with van der Waals surface area (Å²) in [6.07, 6.45) is 4.02. The van der Waals surface area contributed by atoms with Gasteiger partial charge in [0.2, 0.25) is 0 Å². The van der Waals surface area contributed by atoms with Gasteiger partial charge in [-0.3, -0.25) is 11.3 Å². The molecule has 0 aliphatic heterocycles. The number of benzene rings is 1. The van der Waals surface area contributed by atoms with E-state index in [-0.39, 0.29) is 11.1 Å². The van der Waals surface area contributed by atoms with Crippen LogP contribution in [0.25, 0.3) is 0 Å². The monoisotopic (exact) mass is 268 g/mol. The minimum Gasteiger partial charge on any atom is -0.340 e. The molecule has 1 atom stereocenters. The van der Waals surface area contributed by atoms with E-state index < -0.39 is 5.82 Å². The highest BCUT2D eigenvalue weighted by Crippen LogP contribution is 2.24. The Morgan fingerprint density at radius 1 is 1.56 bits per heavy atom. The van der Waals surface area contributed by atoms with E-state index in [1.165, 1.54) is 6.07 Å². The van der Waals surface area contributed by atoms with Gasteiger partial charge in [0.1, 0.15) is 5.82 Å². The zero-order chi connectivity index (χ0) is 13.1. The summed E-state index contributed by atoms with van der Waals surface area (Å²) in [5.74, 6) is 5.09. The summed E-state index contributed by atoms with van der Waals surface area (Å²) in [5, 5.41) is 0.133. The molecule has 0 bridgehead atoms. The van der Waals surface area contributed by atoms with Crippen LogP contribution in [0.1, 0.15) is 17.3 Å². The van der Waals surface area contributed by atoms with E-state index in [2.05, 4.69) is 10.4 Å². The highest BCUT2D eigenvalue weighted by atomic mass is 35.5. The predicted molar refractivity (Wildman–Crippen MR) is 68.4 cm³/mol. The molecule has 3 N–H and O–H groups in total. The van der Waals surface area contributed by atoms with E-state index in [0.717, 1.165) is 5.69 Å². The summed E-state index contributed by atoms with van der Waals surface area (Å²) < 4.78 is 15.2. The number of rotatable bonds is 4. The second kappa shape index (κ2) is 5.48. The lowest BCUT2D eigenvalue weighted by atomic mass is 10.0. The maximum absolute atomic E-state index is 13.3. The number of imidazole rings is 1. The topological polar surface area (TPSA) is 55.9 Å². The highest BCUT2D eigenvalue weighted by molar-refractivity contribution is 6.31. The molecule has 1 unspecified atom stereocenters. The first-order valence-electron chi connectivity index (χ1n) is 5.48. The van der Waals surface area contributed by atoms with Crippen molar-refractivity contribution in [2.24, 2.45) is 12.9 Å². The van der Waals surface area contributed by atoms with E-state index in [4.69, 9.17) is 17.4 Å². The molecule has 18 heavy (non-hydrogen) atoms. The fourth-order valence-electron chi connectivity index (χ4n) is 1.79. The molecule has 0 radical (unpaired) electrons. The molecular weight excluding hydrogens is 255 g/mol. The first kappa shape index (κ1) is 13.0. The Bertz CT molecular complexity index is 541. The molecule has 0 spiro atoms. The largest absolute Gasteiger partial charge is 0.340 e. The Kier molecular flexibility index (Phi) is 3.96. The Morgan fingerprint density at radius 2 is 2.33 bits per heavy atom. The van der Waals surface area contributed by atoms with Crippen LogP contribution in [-0.4, -0.2) is 9.55 Å². The molecule has 0 amide bonds. The van der Waals surface area contributed by atoms with Crippen LogP contribution in [0, 0.1) is 5.82 Å². The van der Waals surface area contributed by atoms with E-state index >= 15 is 0 Å². The average Bonchev–Trinajstić information content (AvgIpc) is 2.78. The van der Waals surface area contributed by atoms with E-state index in [1.807, 2.05) is 17.8 Å². The van der Waals surface area contributed by atoms with E-state index in [1.54, 1.807) is 18.5 Å². The standard InChI is InChI=1S/C12H14ClFN4/c1-18-6-11(16-7-18)10(17-15)5-8-3-2-4-9(14)12(8)13/h2-4,6-7,10,17H,5,15H2,1H3. The second-order valence-electron chi connectivity index (χ2n) is 4.10. The molecule has 1 aromatic heterocycles. The molecule has 1 heterocycles. The third kappa shape index (κ3) is 2.69. The van der Waals surface area contributed by atoms with Crippen LogP contribution in [0.15, 0.2) is 30.7 Å². The Balaban J connectivity index is 2.23. The fraction of sp³-hybridized carbons (Fsp3) is 0.250. The van der Waals surface area contributed by atoms with Gasteiger partial charge in [-0.2, -0.15) is 0 Å². The molecule has 2 rings (SSSR count). The van der Waals surface area contributed by atoms with Gasteiger partial charge in [0.15, 0.2) is 0 Å². The number of hydrogen-bond acceptors (Lipinski definition) is 3. The normalized spacial score (nSPS) is 12.7. The Hall–Kier alpha value is -1.43. The van der Waals surface area contributed by atoms with Crippen molar-refractivity contribution in [3.63, 3.8) is 0 Å². The van der Waals surface area contributed by atoms with Crippen molar-refractivity contribution < 1.29 is 4.39 Å². The summed E-state index contributed by atoms with van der Waals surface area (Å²) in [5.41, 5.74) is 4.16. The van der Waals surface area contributed by atoms with Crippen molar-refractivity contribution in [3.8, 4) is 0 Å². The minimum absolute atomic E-state index is 0.133. The predicted octanol–water partition coefficient (Wildman–Crippen LogP) is 1.96. The molecule has 0 saturated carbocycles. The molecule has 0 aliphatic rings. The number of hydrogen-bond donors (Lipinski definition) is 2. The average molecular weight is 269 g/mol. The lowest BCUT2D eigenvalue weighted by Crippen LogP contribution is -2.30. The number of nitrogens with two attached hydrogens (primary N) is 1. The van der Waals surface area contributed by atoms with Crippen LogP contribution in [0.5, 0.6) is 0 Å². The van der Waals surface area contributed by atoms with Crippen LogP contribution in [-0.2, 0) is 13.5 Å². The van der Waals surface area contributed by atoms with Crippen molar-refractivity contribution in [3.05, 3.63) is 52.8 Å². The number of halogens is 2. The lowest BCUT2D eigenvalue weighted by Gasteiger charge is -2.14. The van der Waals surface area contributed by atoms with Crippen molar-refractivity contribution >= 4 is 11.6 Å². The van der Waals surface area contributed by atoms with Crippen molar-refractivity contribution in [1.29, 1.82) is 0 Å². The third-order valence-electron chi connectivity index (χ3n) is 2.74. The molecular formula is C12H14ClFN4. The van der Waals surface area contributed by atoms with Gasteiger partial charge < -0.3 is 4.57 Å².